The van der Waals surface area contributed by atoms with Gasteiger partial charge in [0.1, 0.15) is 5.15 Å². The van der Waals surface area contributed by atoms with E-state index in [1.165, 1.54) is 0 Å². The van der Waals surface area contributed by atoms with E-state index in [4.69, 9.17) is 16.3 Å². The number of hydrogen-bond acceptors (Lipinski definition) is 4. The topological polar surface area (TPSA) is 57.0 Å². The number of pyridine rings is 1. The molecule has 148 valence electrons. The van der Waals surface area contributed by atoms with Crippen LogP contribution in [0.4, 0.5) is 0 Å². The van der Waals surface area contributed by atoms with E-state index < -0.39 is 0 Å². The lowest BCUT2D eigenvalue weighted by Gasteiger charge is -2.12. The summed E-state index contributed by atoms with van der Waals surface area (Å²) in [6.45, 7) is 3.87. The molecule has 0 aliphatic rings. The van der Waals surface area contributed by atoms with E-state index in [0.29, 0.717) is 36.7 Å². The summed E-state index contributed by atoms with van der Waals surface area (Å²) in [5.74, 6) is 0. The zero-order chi connectivity index (χ0) is 20.2. The molecule has 0 radical (unpaired) electrons. The van der Waals surface area contributed by atoms with Crippen molar-refractivity contribution in [2.24, 2.45) is 0 Å². The molecular formula is C23H22ClN3O2. The van der Waals surface area contributed by atoms with Gasteiger partial charge >= 0.3 is 0 Å². The number of fused-ring (bicyclic) bond motifs is 3. The molecule has 2 aromatic carbocycles. The van der Waals surface area contributed by atoms with Crippen molar-refractivity contribution in [2.45, 2.75) is 26.3 Å². The Morgan fingerprint density at radius 2 is 1.90 bits per heavy atom. The van der Waals surface area contributed by atoms with Crippen LogP contribution >= 0.6 is 11.6 Å². The molecule has 6 heteroatoms. The third-order valence-corrected chi connectivity index (χ3v) is 5.22. The number of benzene rings is 2. The van der Waals surface area contributed by atoms with Gasteiger partial charge in [-0.3, -0.25) is 9.36 Å². The Balaban J connectivity index is 1.80. The normalized spacial score (nSPS) is 11.4. The van der Waals surface area contributed by atoms with Crippen LogP contribution in [0.1, 0.15) is 24.5 Å². The predicted molar refractivity (Wildman–Crippen MR) is 117 cm³/mol. The van der Waals surface area contributed by atoms with Crippen LogP contribution < -0.4 is 5.56 Å². The van der Waals surface area contributed by atoms with Crippen LogP contribution in [0.2, 0.25) is 5.15 Å². The molecule has 2 aromatic heterocycles. The SMILES string of the molecule is CCOCCCn1cnc2c(cc(Cc3ccc(Cl)nc3)c3ccccc32)c1=O. The molecule has 0 saturated carbocycles. The van der Waals surface area contributed by atoms with Crippen molar-refractivity contribution < 1.29 is 4.74 Å². The van der Waals surface area contributed by atoms with E-state index in [1.54, 1.807) is 23.2 Å². The third-order valence-electron chi connectivity index (χ3n) is 4.99. The van der Waals surface area contributed by atoms with Gasteiger partial charge in [-0.1, -0.05) is 41.9 Å². The second-order valence-corrected chi connectivity index (χ2v) is 7.32. The lowest BCUT2D eigenvalue weighted by Crippen LogP contribution is -2.21. The van der Waals surface area contributed by atoms with Crippen LogP contribution in [0.3, 0.4) is 0 Å². The van der Waals surface area contributed by atoms with E-state index >= 15 is 0 Å². The Labute approximate surface area is 173 Å². The summed E-state index contributed by atoms with van der Waals surface area (Å²) in [6, 6.07) is 13.8. The highest BCUT2D eigenvalue weighted by Crippen LogP contribution is 2.27. The Morgan fingerprint density at radius 3 is 2.66 bits per heavy atom. The Hall–Kier alpha value is -2.76. The summed E-state index contributed by atoms with van der Waals surface area (Å²) >= 11 is 5.92. The number of ether oxygens (including phenoxy) is 1. The number of halogens is 1. The lowest BCUT2D eigenvalue weighted by molar-refractivity contribution is 0.141. The molecular weight excluding hydrogens is 386 g/mol. The standard InChI is InChI=1S/C23H22ClN3O2/c1-2-29-11-5-10-27-15-26-22-19-7-4-3-6-18(19)17(13-20(22)23(27)28)12-16-8-9-21(24)25-14-16/h3-4,6-9,13-15H,2,5,10-12H2,1H3. The number of aromatic nitrogens is 3. The Kier molecular flexibility index (Phi) is 5.88. The highest BCUT2D eigenvalue weighted by Gasteiger charge is 2.12. The maximum absolute atomic E-state index is 13.1. The minimum Gasteiger partial charge on any atom is -0.382 e. The first-order chi connectivity index (χ1) is 14.2. The molecule has 5 nitrogen and oxygen atoms in total. The predicted octanol–water partition coefficient (Wildman–Crippen LogP) is 4.62. The van der Waals surface area contributed by atoms with Crippen LogP contribution in [0.15, 0.2) is 59.8 Å². The van der Waals surface area contributed by atoms with Crippen LogP contribution in [-0.4, -0.2) is 27.7 Å². The van der Waals surface area contributed by atoms with Crippen molar-refractivity contribution >= 4 is 33.3 Å². The molecule has 0 saturated heterocycles. The summed E-state index contributed by atoms with van der Waals surface area (Å²) in [6.07, 6.45) is 4.86. The van der Waals surface area contributed by atoms with Gasteiger partial charge in [0.25, 0.3) is 5.56 Å². The van der Waals surface area contributed by atoms with Crippen LogP contribution in [0, 0.1) is 0 Å². The van der Waals surface area contributed by atoms with E-state index in [0.717, 1.165) is 33.8 Å². The number of nitrogens with zero attached hydrogens (tertiary/aromatic N) is 3. The van der Waals surface area contributed by atoms with Gasteiger partial charge in [-0.15, -0.1) is 0 Å². The van der Waals surface area contributed by atoms with Gasteiger partial charge in [0.05, 0.1) is 17.2 Å². The fourth-order valence-electron chi connectivity index (χ4n) is 3.59. The first kappa shape index (κ1) is 19.6. The van der Waals surface area contributed by atoms with E-state index in [2.05, 4.69) is 16.0 Å². The lowest BCUT2D eigenvalue weighted by atomic mass is 9.96. The number of aryl methyl sites for hydroxylation is 1. The molecule has 0 aliphatic heterocycles. The molecule has 0 aliphatic carbocycles. The molecule has 0 unspecified atom stereocenters. The van der Waals surface area contributed by atoms with Crippen molar-refractivity contribution in [3.05, 3.63) is 81.6 Å². The zero-order valence-corrected chi connectivity index (χ0v) is 17.0. The minimum atomic E-state index is -0.0206. The highest BCUT2D eigenvalue weighted by atomic mass is 35.5. The van der Waals surface area contributed by atoms with Crippen molar-refractivity contribution in [3.63, 3.8) is 0 Å². The molecule has 4 rings (SSSR count). The molecule has 4 aromatic rings. The molecule has 2 heterocycles. The smallest absolute Gasteiger partial charge is 0.261 e. The fraction of sp³-hybridized carbons (Fsp3) is 0.261. The summed E-state index contributed by atoms with van der Waals surface area (Å²) < 4.78 is 7.05. The van der Waals surface area contributed by atoms with E-state index in [9.17, 15) is 4.79 Å². The monoisotopic (exact) mass is 407 g/mol. The number of rotatable bonds is 7. The van der Waals surface area contributed by atoms with Gasteiger partial charge in [0.15, 0.2) is 0 Å². The summed E-state index contributed by atoms with van der Waals surface area (Å²) in [4.78, 5) is 21.9. The first-order valence-corrected chi connectivity index (χ1v) is 10.1. The van der Waals surface area contributed by atoms with E-state index in [1.807, 2.05) is 37.3 Å². The van der Waals surface area contributed by atoms with Crippen molar-refractivity contribution in [2.75, 3.05) is 13.2 Å². The third kappa shape index (κ3) is 4.16. The average molecular weight is 408 g/mol. The Morgan fingerprint density at radius 1 is 1.07 bits per heavy atom. The van der Waals surface area contributed by atoms with Crippen LogP contribution in [0.25, 0.3) is 21.7 Å². The molecule has 0 amide bonds. The summed E-state index contributed by atoms with van der Waals surface area (Å²) in [7, 11) is 0. The maximum Gasteiger partial charge on any atom is 0.261 e. The Bertz CT molecular complexity index is 1200. The van der Waals surface area contributed by atoms with Gasteiger partial charge < -0.3 is 4.74 Å². The maximum atomic E-state index is 13.1. The fourth-order valence-corrected chi connectivity index (χ4v) is 3.70. The van der Waals surface area contributed by atoms with Crippen LogP contribution in [0.5, 0.6) is 0 Å². The molecule has 0 N–H and O–H groups in total. The molecule has 0 atom stereocenters. The number of hydrogen-bond donors (Lipinski definition) is 0. The van der Waals surface area contributed by atoms with Crippen molar-refractivity contribution in [1.29, 1.82) is 0 Å². The summed E-state index contributed by atoms with van der Waals surface area (Å²) in [5, 5.41) is 3.19. The van der Waals surface area contributed by atoms with Crippen molar-refractivity contribution in [3.8, 4) is 0 Å². The molecule has 0 fully saturated rings. The van der Waals surface area contributed by atoms with Gasteiger partial charge in [-0.25, -0.2) is 9.97 Å². The molecule has 0 spiro atoms. The quantitative estimate of drug-likeness (QED) is 0.255. The van der Waals surface area contributed by atoms with Gasteiger partial charge in [0.2, 0.25) is 0 Å². The average Bonchev–Trinajstić information content (AvgIpc) is 2.75. The largest absolute Gasteiger partial charge is 0.382 e. The van der Waals surface area contributed by atoms with Gasteiger partial charge in [0, 0.05) is 31.3 Å². The minimum absolute atomic E-state index is 0.0206. The van der Waals surface area contributed by atoms with Crippen molar-refractivity contribution in [1.82, 2.24) is 14.5 Å². The van der Waals surface area contributed by atoms with Gasteiger partial charge in [-0.2, -0.15) is 0 Å². The van der Waals surface area contributed by atoms with E-state index in [-0.39, 0.29) is 5.56 Å². The molecule has 29 heavy (non-hydrogen) atoms. The second kappa shape index (κ2) is 8.72. The summed E-state index contributed by atoms with van der Waals surface area (Å²) in [5.41, 5.74) is 2.83. The van der Waals surface area contributed by atoms with Crippen LogP contribution in [-0.2, 0) is 17.7 Å². The highest BCUT2D eigenvalue weighted by molar-refractivity contribution is 6.29. The zero-order valence-electron chi connectivity index (χ0n) is 16.3. The second-order valence-electron chi connectivity index (χ2n) is 6.94. The van der Waals surface area contributed by atoms with Gasteiger partial charge in [-0.05, 0) is 48.4 Å². The molecule has 0 bridgehead atoms. The first-order valence-electron chi connectivity index (χ1n) is 9.75.